The Morgan fingerprint density at radius 2 is 1.82 bits per heavy atom. The molecule has 0 aliphatic carbocycles. The van der Waals surface area contributed by atoms with Crippen molar-refractivity contribution in [3.05, 3.63) is 64.7 Å². The second-order valence-electron chi connectivity index (χ2n) is 5.69. The Kier molecular flexibility index (Phi) is 4.46. The molecule has 1 aliphatic heterocycles. The topological polar surface area (TPSA) is 20.3 Å². The third-order valence-corrected chi connectivity index (χ3v) is 5.42. The summed E-state index contributed by atoms with van der Waals surface area (Å²) in [5.41, 5.74) is 3.20. The van der Waals surface area contributed by atoms with Crippen molar-refractivity contribution in [2.75, 3.05) is 10.7 Å². The minimum absolute atomic E-state index is 0.0499. The van der Waals surface area contributed by atoms with Crippen LogP contribution in [0.15, 0.2) is 48.5 Å². The predicted molar refractivity (Wildman–Crippen MR) is 94.7 cm³/mol. The van der Waals surface area contributed by atoms with Crippen molar-refractivity contribution in [1.82, 2.24) is 0 Å². The number of anilines is 1. The number of benzene rings is 2. The van der Waals surface area contributed by atoms with E-state index in [4.69, 9.17) is 11.6 Å². The third-order valence-electron chi connectivity index (χ3n) is 3.88. The number of amides is 1. The summed E-state index contributed by atoms with van der Waals surface area (Å²) in [4.78, 5) is 14.2. The van der Waals surface area contributed by atoms with Gasteiger partial charge in [0.15, 0.2) is 0 Å². The molecule has 1 heterocycles. The fourth-order valence-electron chi connectivity index (χ4n) is 2.63. The van der Waals surface area contributed by atoms with Gasteiger partial charge in [0.25, 0.3) is 0 Å². The van der Waals surface area contributed by atoms with Gasteiger partial charge in [-0.2, -0.15) is 0 Å². The van der Waals surface area contributed by atoms with Crippen molar-refractivity contribution in [2.45, 2.75) is 25.1 Å². The van der Waals surface area contributed by atoms with Crippen molar-refractivity contribution in [2.24, 2.45) is 0 Å². The highest BCUT2D eigenvalue weighted by Gasteiger charge is 2.34. The van der Waals surface area contributed by atoms with Crippen molar-refractivity contribution >= 4 is 35.0 Å². The standard InChI is InChI=1S/C18H18ClNOS/c1-12(2)13-7-9-14(10-8-13)20-17(21)11-22-18(20)15-5-3-4-6-16(15)19/h3-10,12,18H,11H2,1-2H3/t18-/m0/s1. The summed E-state index contributed by atoms with van der Waals surface area (Å²) in [7, 11) is 0. The van der Waals surface area contributed by atoms with Crippen molar-refractivity contribution in [3.8, 4) is 0 Å². The maximum atomic E-state index is 12.4. The molecule has 0 unspecified atom stereocenters. The molecule has 0 aromatic heterocycles. The van der Waals surface area contributed by atoms with Gasteiger partial charge >= 0.3 is 0 Å². The van der Waals surface area contributed by atoms with Crippen LogP contribution in [0, 0.1) is 0 Å². The third kappa shape index (κ3) is 2.88. The van der Waals surface area contributed by atoms with Gasteiger partial charge in [-0.1, -0.05) is 55.8 Å². The van der Waals surface area contributed by atoms with Gasteiger partial charge in [-0.3, -0.25) is 9.69 Å². The van der Waals surface area contributed by atoms with Crippen LogP contribution in [0.25, 0.3) is 0 Å². The van der Waals surface area contributed by atoms with E-state index in [1.165, 1.54) is 5.56 Å². The number of hydrogen-bond acceptors (Lipinski definition) is 2. The lowest BCUT2D eigenvalue weighted by atomic mass is 10.0. The normalized spacial score (nSPS) is 18.3. The molecular weight excluding hydrogens is 314 g/mol. The SMILES string of the molecule is CC(C)c1ccc(N2C(=O)CS[C@H]2c2ccccc2Cl)cc1. The number of thioether (sulfide) groups is 1. The summed E-state index contributed by atoms with van der Waals surface area (Å²) in [6, 6.07) is 16.0. The monoisotopic (exact) mass is 331 g/mol. The van der Waals surface area contributed by atoms with Crippen molar-refractivity contribution in [1.29, 1.82) is 0 Å². The molecule has 0 saturated carbocycles. The van der Waals surface area contributed by atoms with Crippen LogP contribution in [0.4, 0.5) is 5.69 Å². The summed E-state index contributed by atoms with van der Waals surface area (Å²) in [6.07, 6.45) is 0. The van der Waals surface area contributed by atoms with E-state index >= 15 is 0 Å². The molecule has 1 amide bonds. The van der Waals surface area contributed by atoms with Gasteiger partial charge in [0.05, 0.1) is 5.75 Å². The largest absolute Gasteiger partial charge is 0.295 e. The number of halogens is 1. The fraction of sp³-hybridized carbons (Fsp3) is 0.278. The van der Waals surface area contributed by atoms with E-state index in [0.717, 1.165) is 11.3 Å². The van der Waals surface area contributed by atoms with Gasteiger partial charge in [0, 0.05) is 16.3 Å². The molecule has 0 N–H and O–H groups in total. The zero-order chi connectivity index (χ0) is 15.7. The first kappa shape index (κ1) is 15.4. The molecule has 0 radical (unpaired) electrons. The average Bonchev–Trinajstić information content (AvgIpc) is 2.89. The molecule has 1 aliphatic rings. The summed E-state index contributed by atoms with van der Waals surface area (Å²) in [6.45, 7) is 4.33. The molecule has 0 spiro atoms. The Bertz CT molecular complexity index is 684. The van der Waals surface area contributed by atoms with Gasteiger partial charge < -0.3 is 0 Å². The van der Waals surface area contributed by atoms with Gasteiger partial charge in [-0.15, -0.1) is 11.8 Å². The molecule has 1 saturated heterocycles. The Morgan fingerprint density at radius 1 is 1.14 bits per heavy atom. The minimum atomic E-state index is -0.0499. The first-order chi connectivity index (χ1) is 10.6. The molecule has 22 heavy (non-hydrogen) atoms. The lowest BCUT2D eigenvalue weighted by molar-refractivity contribution is -0.115. The maximum absolute atomic E-state index is 12.4. The van der Waals surface area contributed by atoms with E-state index in [-0.39, 0.29) is 11.3 Å². The van der Waals surface area contributed by atoms with Crippen LogP contribution < -0.4 is 4.90 Å². The molecule has 0 bridgehead atoms. The summed E-state index contributed by atoms with van der Waals surface area (Å²) in [5, 5.41) is 0.657. The van der Waals surface area contributed by atoms with Gasteiger partial charge in [0.2, 0.25) is 5.91 Å². The maximum Gasteiger partial charge on any atom is 0.238 e. The minimum Gasteiger partial charge on any atom is -0.295 e. The number of rotatable bonds is 3. The zero-order valence-corrected chi connectivity index (χ0v) is 14.2. The Morgan fingerprint density at radius 3 is 2.45 bits per heavy atom. The summed E-state index contributed by atoms with van der Waals surface area (Å²) in [5.74, 6) is 1.10. The summed E-state index contributed by atoms with van der Waals surface area (Å²) < 4.78 is 0. The molecule has 1 fully saturated rings. The first-order valence-electron chi connectivity index (χ1n) is 7.36. The highest BCUT2D eigenvalue weighted by atomic mass is 35.5. The number of carbonyl (C=O) groups excluding carboxylic acids is 1. The molecule has 114 valence electrons. The van der Waals surface area contributed by atoms with Crippen LogP contribution >= 0.6 is 23.4 Å². The molecule has 2 nitrogen and oxygen atoms in total. The average molecular weight is 332 g/mol. The Labute approximate surface area is 140 Å². The van der Waals surface area contributed by atoms with E-state index in [1.807, 2.05) is 41.3 Å². The predicted octanol–water partition coefficient (Wildman–Crippen LogP) is 5.24. The van der Waals surface area contributed by atoms with E-state index in [2.05, 4.69) is 26.0 Å². The van der Waals surface area contributed by atoms with Crippen LogP contribution in [0.3, 0.4) is 0 Å². The molecule has 1 atom stereocenters. The fourth-order valence-corrected chi connectivity index (χ4v) is 4.15. The van der Waals surface area contributed by atoms with Crippen molar-refractivity contribution in [3.63, 3.8) is 0 Å². The van der Waals surface area contributed by atoms with E-state index < -0.39 is 0 Å². The van der Waals surface area contributed by atoms with E-state index in [0.29, 0.717) is 16.7 Å². The van der Waals surface area contributed by atoms with Crippen molar-refractivity contribution < 1.29 is 4.79 Å². The smallest absolute Gasteiger partial charge is 0.238 e. The lowest BCUT2D eigenvalue weighted by Gasteiger charge is -2.25. The molecule has 4 heteroatoms. The second kappa shape index (κ2) is 6.35. The number of carbonyl (C=O) groups is 1. The highest BCUT2D eigenvalue weighted by molar-refractivity contribution is 8.00. The first-order valence-corrected chi connectivity index (χ1v) is 8.78. The Hall–Kier alpha value is -1.45. The van der Waals surface area contributed by atoms with Crippen LogP contribution in [-0.4, -0.2) is 11.7 Å². The van der Waals surface area contributed by atoms with Crippen LogP contribution in [0.1, 0.15) is 36.3 Å². The molecule has 2 aromatic carbocycles. The van der Waals surface area contributed by atoms with Gasteiger partial charge in [-0.05, 0) is 29.7 Å². The van der Waals surface area contributed by atoms with Crippen LogP contribution in [0.2, 0.25) is 5.02 Å². The van der Waals surface area contributed by atoms with Crippen LogP contribution in [0.5, 0.6) is 0 Å². The molecule has 2 aromatic rings. The van der Waals surface area contributed by atoms with E-state index in [9.17, 15) is 4.79 Å². The Balaban J connectivity index is 1.96. The van der Waals surface area contributed by atoms with Crippen LogP contribution in [-0.2, 0) is 4.79 Å². The van der Waals surface area contributed by atoms with E-state index in [1.54, 1.807) is 11.8 Å². The quantitative estimate of drug-likeness (QED) is 0.766. The number of hydrogen-bond donors (Lipinski definition) is 0. The highest BCUT2D eigenvalue weighted by Crippen LogP contribution is 2.43. The zero-order valence-electron chi connectivity index (χ0n) is 12.6. The number of nitrogens with zero attached hydrogens (tertiary/aromatic N) is 1. The van der Waals surface area contributed by atoms with Gasteiger partial charge in [0.1, 0.15) is 5.37 Å². The molecular formula is C18H18ClNOS. The lowest BCUT2D eigenvalue weighted by Crippen LogP contribution is -2.27. The summed E-state index contributed by atoms with van der Waals surface area (Å²) >= 11 is 7.94. The molecule has 3 rings (SSSR count). The van der Waals surface area contributed by atoms with Gasteiger partial charge in [-0.25, -0.2) is 0 Å². The second-order valence-corrected chi connectivity index (χ2v) is 7.17.